The molecule has 2 rings (SSSR count). The molecule has 0 amide bonds. The fourth-order valence-corrected chi connectivity index (χ4v) is 3.30. The van der Waals surface area contributed by atoms with Crippen LogP contribution in [0.25, 0.3) is 0 Å². The molecule has 4 heteroatoms. The van der Waals surface area contributed by atoms with Crippen LogP contribution >= 0.6 is 12.2 Å². The van der Waals surface area contributed by atoms with E-state index in [1.807, 2.05) is 0 Å². The lowest BCUT2D eigenvalue weighted by Gasteiger charge is -2.30. The number of fused-ring (bicyclic) bond motifs is 1. The summed E-state index contributed by atoms with van der Waals surface area (Å²) in [6, 6.07) is 1.30. The minimum Gasteiger partial charge on any atom is -0.393 e. The maximum Gasteiger partial charge on any atom is 0.0742 e. The van der Waals surface area contributed by atoms with Crippen molar-refractivity contribution < 1.29 is 0 Å². The molecule has 92 valence electrons. The van der Waals surface area contributed by atoms with Crippen molar-refractivity contribution in [2.45, 2.75) is 44.7 Å². The molecule has 0 aromatic carbocycles. The van der Waals surface area contributed by atoms with Gasteiger partial charge in [-0.05, 0) is 45.8 Å². The molecule has 0 radical (unpaired) electrons. The molecular formula is C12H23N3S. The average Bonchev–Trinajstić information content (AvgIpc) is 2.54. The summed E-state index contributed by atoms with van der Waals surface area (Å²) in [5.41, 5.74) is 5.64. The SMILES string of the molecule is CC(CC(N)=S)N1CCCN2CCCC2C1. The molecule has 0 aliphatic carbocycles. The summed E-state index contributed by atoms with van der Waals surface area (Å²) in [5.74, 6) is 0. The van der Waals surface area contributed by atoms with E-state index in [1.54, 1.807) is 0 Å². The molecule has 2 atom stereocenters. The van der Waals surface area contributed by atoms with Crippen LogP contribution in [-0.4, -0.2) is 53.1 Å². The highest BCUT2D eigenvalue weighted by molar-refractivity contribution is 7.80. The van der Waals surface area contributed by atoms with Crippen LogP contribution in [0.4, 0.5) is 0 Å². The van der Waals surface area contributed by atoms with Gasteiger partial charge in [0.2, 0.25) is 0 Å². The molecule has 3 nitrogen and oxygen atoms in total. The van der Waals surface area contributed by atoms with Gasteiger partial charge in [-0.3, -0.25) is 9.80 Å². The summed E-state index contributed by atoms with van der Waals surface area (Å²) in [4.78, 5) is 5.89. The second-order valence-corrected chi connectivity index (χ2v) is 5.72. The minimum absolute atomic E-state index is 0.512. The van der Waals surface area contributed by atoms with Gasteiger partial charge in [-0.15, -0.1) is 0 Å². The Bertz CT molecular complexity index is 257. The Morgan fingerprint density at radius 2 is 2.12 bits per heavy atom. The summed E-state index contributed by atoms with van der Waals surface area (Å²) in [6.07, 6.45) is 4.90. The van der Waals surface area contributed by atoms with E-state index >= 15 is 0 Å². The summed E-state index contributed by atoms with van der Waals surface area (Å²) < 4.78 is 0. The van der Waals surface area contributed by atoms with Crippen LogP contribution in [0.3, 0.4) is 0 Å². The van der Waals surface area contributed by atoms with Gasteiger partial charge in [-0.1, -0.05) is 12.2 Å². The highest BCUT2D eigenvalue weighted by Gasteiger charge is 2.30. The Labute approximate surface area is 104 Å². The van der Waals surface area contributed by atoms with Crippen molar-refractivity contribution in [3.8, 4) is 0 Å². The second-order valence-electron chi connectivity index (χ2n) is 5.20. The molecule has 0 aromatic heterocycles. The standard InChI is InChI=1S/C12H23N3S/c1-10(8-12(13)16)15-7-3-6-14-5-2-4-11(14)9-15/h10-11H,2-9H2,1H3,(H2,13,16). The van der Waals surface area contributed by atoms with Gasteiger partial charge in [-0.2, -0.15) is 0 Å². The van der Waals surface area contributed by atoms with E-state index in [0.717, 1.165) is 12.5 Å². The normalized spacial score (nSPS) is 29.7. The number of hydrogen-bond acceptors (Lipinski definition) is 3. The van der Waals surface area contributed by atoms with E-state index in [0.29, 0.717) is 11.0 Å². The second kappa shape index (κ2) is 5.43. The molecule has 2 fully saturated rings. The van der Waals surface area contributed by atoms with Crippen molar-refractivity contribution in [2.24, 2.45) is 5.73 Å². The Kier molecular flexibility index (Phi) is 4.16. The first-order chi connectivity index (χ1) is 7.66. The Balaban J connectivity index is 1.92. The summed E-state index contributed by atoms with van der Waals surface area (Å²) >= 11 is 5.01. The molecule has 0 saturated carbocycles. The number of nitrogens with zero attached hydrogens (tertiary/aromatic N) is 2. The van der Waals surface area contributed by atoms with Crippen molar-refractivity contribution >= 4 is 17.2 Å². The number of hydrogen-bond donors (Lipinski definition) is 1. The molecule has 2 saturated heterocycles. The summed E-state index contributed by atoms with van der Waals surface area (Å²) in [5, 5.41) is 0. The minimum atomic E-state index is 0.512. The fourth-order valence-electron chi connectivity index (χ4n) is 3.06. The zero-order valence-corrected chi connectivity index (χ0v) is 11.0. The molecule has 16 heavy (non-hydrogen) atoms. The van der Waals surface area contributed by atoms with Crippen LogP contribution in [0.5, 0.6) is 0 Å². The van der Waals surface area contributed by atoms with E-state index in [2.05, 4.69) is 16.7 Å². The van der Waals surface area contributed by atoms with Gasteiger partial charge in [0, 0.05) is 25.0 Å². The van der Waals surface area contributed by atoms with Gasteiger partial charge >= 0.3 is 0 Å². The molecule has 2 aliphatic heterocycles. The maximum atomic E-state index is 5.64. The third-order valence-electron chi connectivity index (χ3n) is 3.95. The molecule has 2 unspecified atom stereocenters. The monoisotopic (exact) mass is 241 g/mol. The highest BCUT2D eigenvalue weighted by atomic mass is 32.1. The number of thiocarbonyl (C=S) groups is 1. The average molecular weight is 241 g/mol. The van der Waals surface area contributed by atoms with Crippen molar-refractivity contribution in [3.63, 3.8) is 0 Å². The van der Waals surface area contributed by atoms with E-state index < -0.39 is 0 Å². The fraction of sp³-hybridized carbons (Fsp3) is 0.917. The largest absolute Gasteiger partial charge is 0.393 e. The maximum absolute atomic E-state index is 5.64. The number of nitrogens with two attached hydrogens (primary N) is 1. The predicted octanol–water partition coefficient (Wildman–Crippen LogP) is 1.22. The Morgan fingerprint density at radius 3 is 2.88 bits per heavy atom. The Morgan fingerprint density at radius 1 is 1.38 bits per heavy atom. The van der Waals surface area contributed by atoms with Crippen LogP contribution in [0, 0.1) is 0 Å². The van der Waals surface area contributed by atoms with Gasteiger partial charge < -0.3 is 5.73 Å². The van der Waals surface area contributed by atoms with E-state index in [9.17, 15) is 0 Å². The molecule has 0 bridgehead atoms. The molecule has 2 aliphatic rings. The van der Waals surface area contributed by atoms with Gasteiger partial charge in [0.05, 0.1) is 4.99 Å². The highest BCUT2D eigenvalue weighted by Crippen LogP contribution is 2.22. The lowest BCUT2D eigenvalue weighted by molar-refractivity contribution is 0.184. The van der Waals surface area contributed by atoms with E-state index in [1.165, 1.54) is 45.4 Å². The first-order valence-corrected chi connectivity index (χ1v) is 6.84. The number of rotatable bonds is 3. The molecule has 2 heterocycles. The predicted molar refractivity (Wildman–Crippen MR) is 71.6 cm³/mol. The van der Waals surface area contributed by atoms with Crippen LogP contribution in [0.15, 0.2) is 0 Å². The zero-order valence-electron chi connectivity index (χ0n) is 10.2. The Hall–Kier alpha value is -0.190. The first-order valence-electron chi connectivity index (χ1n) is 6.43. The van der Waals surface area contributed by atoms with Crippen LogP contribution < -0.4 is 5.73 Å². The molecule has 0 spiro atoms. The summed E-state index contributed by atoms with van der Waals surface area (Å²) in [7, 11) is 0. The quantitative estimate of drug-likeness (QED) is 0.753. The lowest BCUT2D eigenvalue weighted by atomic mass is 10.1. The van der Waals surface area contributed by atoms with E-state index in [-0.39, 0.29) is 0 Å². The lowest BCUT2D eigenvalue weighted by Crippen LogP contribution is -2.42. The first kappa shape index (κ1) is 12.3. The van der Waals surface area contributed by atoms with Gasteiger partial charge in [0.15, 0.2) is 0 Å². The molecule has 0 aromatic rings. The summed E-state index contributed by atoms with van der Waals surface area (Å²) in [6.45, 7) is 7.26. The van der Waals surface area contributed by atoms with Crippen LogP contribution in [-0.2, 0) is 0 Å². The van der Waals surface area contributed by atoms with Crippen molar-refractivity contribution in [2.75, 3.05) is 26.2 Å². The third-order valence-corrected chi connectivity index (χ3v) is 4.12. The molecule has 2 N–H and O–H groups in total. The van der Waals surface area contributed by atoms with Crippen LogP contribution in [0.1, 0.15) is 32.6 Å². The third kappa shape index (κ3) is 2.93. The van der Waals surface area contributed by atoms with Gasteiger partial charge in [0.1, 0.15) is 0 Å². The smallest absolute Gasteiger partial charge is 0.0742 e. The van der Waals surface area contributed by atoms with Crippen molar-refractivity contribution in [1.29, 1.82) is 0 Å². The molecular weight excluding hydrogens is 218 g/mol. The van der Waals surface area contributed by atoms with Gasteiger partial charge in [0.25, 0.3) is 0 Å². The van der Waals surface area contributed by atoms with Crippen LogP contribution in [0.2, 0.25) is 0 Å². The van der Waals surface area contributed by atoms with Crippen molar-refractivity contribution in [3.05, 3.63) is 0 Å². The van der Waals surface area contributed by atoms with Gasteiger partial charge in [-0.25, -0.2) is 0 Å². The topological polar surface area (TPSA) is 32.5 Å². The van der Waals surface area contributed by atoms with Crippen molar-refractivity contribution in [1.82, 2.24) is 9.80 Å². The van der Waals surface area contributed by atoms with E-state index in [4.69, 9.17) is 18.0 Å². The zero-order chi connectivity index (χ0) is 11.5.